The number of nitrogens with zero attached hydrogens (tertiary/aromatic N) is 1. The fourth-order valence-electron chi connectivity index (χ4n) is 0.928. The molecule has 0 aliphatic rings. The van der Waals surface area contributed by atoms with Gasteiger partial charge in [0, 0.05) is 0 Å². The topological polar surface area (TPSA) is 69.2 Å². The van der Waals surface area contributed by atoms with E-state index in [-0.39, 0.29) is 4.47 Å². The van der Waals surface area contributed by atoms with Gasteiger partial charge in [-0.25, -0.2) is 4.39 Å². The number of anilines is 1. The molecule has 6 heteroatoms. The van der Waals surface area contributed by atoms with Crippen molar-refractivity contribution in [3.63, 3.8) is 0 Å². The van der Waals surface area contributed by atoms with E-state index in [1.807, 2.05) is 0 Å². The summed E-state index contributed by atoms with van der Waals surface area (Å²) in [5.74, 6) is -0.771. The van der Waals surface area contributed by atoms with Gasteiger partial charge in [0.1, 0.15) is 10.2 Å². The third kappa shape index (κ3) is 1.62. The van der Waals surface area contributed by atoms with E-state index in [9.17, 15) is 14.5 Å². The molecule has 4 nitrogen and oxygen atoms in total. The number of benzene rings is 1. The van der Waals surface area contributed by atoms with Crippen LogP contribution >= 0.6 is 15.9 Å². The summed E-state index contributed by atoms with van der Waals surface area (Å²) in [6.45, 7) is 1.56. The predicted octanol–water partition coefficient (Wildman–Crippen LogP) is 2.39. The van der Waals surface area contributed by atoms with Crippen molar-refractivity contribution < 1.29 is 9.31 Å². The van der Waals surface area contributed by atoms with Gasteiger partial charge in [-0.15, -0.1) is 0 Å². The van der Waals surface area contributed by atoms with E-state index in [2.05, 4.69) is 15.9 Å². The Kier molecular flexibility index (Phi) is 2.51. The van der Waals surface area contributed by atoms with Crippen LogP contribution in [0.15, 0.2) is 10.5 Å². The van der Waals surface area contributed by atoms with Gasteiger partial charge < -0.3 is 5.73 Å². The van der Waals surface area contributed by atoms with Gasteiger partial charge in [-0.05, 0) is 34.5 Å². The fraction of sp³-hybridized carbons (Fsp3) is 0.143. The SMILES string of the molecule is Cc1cc(F)c(N)c([N+](=O)[O-])c1Br. The van der Waals surface area contributed by atoms with Crippen molar-refractivity contribution in [1.82, 2.24) is 0 Å². The lowest BCUT2D eigenvalue weighted by atomic mass is 10.2. The molecular weight excluding hydrogens is 243 g/mol. The summed E-state index contributed by atoms with van der Waals surface area (Å²) in [6, 6.07) is 1.15. The number of halogens is 2. The summed E-state index contributed by atoms with van der Waals surface area (Å²) in [5, 5.41) is 10.5. The molecule has 1 aromatic rings. The van der Waals surface area contributed by atoms with E-state index in [0.29, 0.717) is 5.56 Å². The van der Waals surface area contributed by atoms with E-state index in [1.165, 1.54) is 0 Å². The quantitative estimate of drug-likeness (QED) is 0.472. The van der Waals surface area contributed by atoms with Gasteiger partial charge in [-0.2, -0.15) is 0 Å². The van der Waals surface area contributed by atoms with E-state index in [0.717, 1.165) is 6.07 Å². The highest BCUT2D eigenvalue weighted by atomic mass is 79.9. The summed E-state index contributed by atoms with van der Waals surface area (Å²) in [6.07, 6.45) is 0. The molecule has 0 fully saturated rings. The zero-order valence-corrected chi connectivity index (χ0v) is 8.26. The number of rotatable bonds is 1. The van der Waals surface area contributed by atoms with Crippen molar-refractivity contribution >= 4 is 27.3 Å². The molecule has 0 aromatic heterocycles. The molecule has 0 heterocycles. The standard InChI is InChI=1S/C7H6BrFN2O2/c1-3-2-4(9)6(10)7(5(3)8)11(12)13/h2H,10H2,1H3. The minimum Gasteiger partial charge on any atom is -0.391 e. The molecule has 0 unspecified atom stereocenters. The van der Waals surface area contributed by atoms with Crippen molar-refractivity contribution in [2.75, 3.05) is 5.73 Å². The minimum atomic E-state index is -0.771. The average molecular weight is 249 g/mol. The number of nitro groups is 1. The maximum atomic E-state index is 12.9. The van der Waals surface area contributed by atoms with Crippen LogP contribution in [-0.2, 0) is 0 Å². The van der Waals surface area contributed by atoms with Crippen molar-refractivity contribution in [3.8, 4) is 0 Å². The van der Waals surface area contributed by atoms with Gasteiger partial charge in [0.05, 0.1) is 4.92 Å². The average Bonchev–Trinajstić information content (AvgIpc) is 2.01. The lowest BCUT2D eigenvalue weighted by Gasteiger charge is -2.03. The molecule has 0 bridgehead atoms. The summed E-state index contributed by atoms with van der Waals surface area (Å²) in [7, 11) is 0. The lowest BCUT2D eigenvalue weighted by Crippen LogP contribution is -2.01. The monoisotopic (exact) mass is 248 g/mol. The van der Waals surface area contributed by atoms with Gasteiger partial charge >= 0.3 is 5.69 Å². The van der Waals surface area contributed by atoms with Crippen LogP contribution in [0.25, 0.3) is 0 Å². The number of aryl methyl sites for hydroxylation is 1. The molecule has 0 atom stereocenters. The highest BCUT2D eigenvalue weighted by Crippen LogP contribution is 2.35. The normalized spacial score (nSPS) is 10.1. The van der Waals surface area contributed by atoms with Crippen LogP contribution in [0.2, 0.25) is 0 Å². The van der Waals surface area contributed by atoms with Crippen LogP contribution in [0.1, 0.15) is 5.56 Å². The Balaban J connectivity index is 3.56. The Morgan fingerprint density at radius 2 is 2.23 bits per heavy atom. The first-order chi connectivity index (χ1) is 5.95. The second-order valence-electron chi connectivity index (χ2n) is 2.51. The Morgan fingerprint density at radius 1 is 1.69 bits per heavy atom. The molecule has 0 saturated carbocycles. The third-order valence-corrected chi connectivity index (χ3v) is 2.59. The predicted molar refractivity (Wildman–Crippen MR) is 49.9 cm³/mol. The van der Waals surface area contributed by atoms with E-state index >= 15 is 0 Å². The van der Waals surface area contributed by atoms with Crippen LogP contribution in [0.3, 0.4) is 0 Å². The molecule has 70 valence electrons. The number of hydrogen-bond donors (Lipinski definition) is 1. The smallest absolute Gasteiger partial charge is 0.309 e. The molecule has 13 heavy (non-hydrogen) atoms. The van der Waals surface area contributed by atoms with E-state index in [4.69, 9.17) is 5.73 Å². The number of nitro benzene ring substituents is 1. The number of hydrogen-bond acceptors (Lipinski definition) is 3. The molecule has 2 N–H and O–H groups in total. The maximum absolute atomic E-state index is 12.9. The third-order valence-electron chi connectivity index (χ3n) is 1.59. The van der Waals surface area contributed by atoms with Crippen LogP contribution < -0.4 is 5.73 Å². The molecule has 1 rings (SSSR count). The van der Waals surface area contributed by atoms with Crippen LogP contribution in [0.4, 0.5) is 15.8 Å². The molecule has 0 aliphatic heterocycles. The van der Waals surface area contributed by atoms with Crippen molar-refractivity contribution in [3.05, 3.63) is 32.0 Å². The minimum absolute atomic E-state index is 0.219. The fourth-order valence-corrected chi connectivity index (χ4v) is 1.40. The number of nitrogens with two attached hydrogens (primary N) is 1. The van der Waals surface area contributed by atoms with E-state index < -0.39 is 22.1 Å². The first-order valence-electron chi connectivity index (χ1n) is 3.33. The van der Waals surface area contributed by atoms with Gasteiger partial charge in [-0.1, -0.05) is 0 Å². The molecule has 0 saturated heterocycles. The first kappa shape index (κ1) is 9.91. The zero-order chi connectivity index (χ0) is 10.2. The van der Waals surface area contributed by atoms with E-state index in [1.54, 1.807) is 6.92 Å². The van der Waals surface area contributed by atoms with Crippen LogP contribution in [0.5, 0.6) is 0 Å². The van der Waals surface area contributed by atoms with Gasteiger partial charge in [0.25, 0.3) is 0 Å². The molecule has 1 aromatic carbocycles. The highest BCUT2D eigenvalue weighted by molar-refractivity contribution is 9.10. The van der Waals surface area contributed by atoms with Crippen molar-refractivity contribution in [2.45, 2.75) is 6.92 Å². The molecule has 0 spiro atoms. The second kappa shape index (κ2) is 3.29. The first-order valence-corrected chi connectivity index (χ1v) is 4.13. The van der Waals surface area contributed by atoms with Gasteiger partial charge in [0.15, 0.2) is 5.82 Å². The van der Waals surface area contributed by atoms with Crippen molar-refractivity contribution in [1.29, 1.82) is 0 Å². The molecule has 0 radical (unpaired) electrons. The largest absolute Gasteiger partial charge is 0.391 e. The van der Waals surface area contributed by atoms with Crippen molar-refractivity contribution in [2.24, 2.45) is 0 Å². The lowest BCUT2D eigenvalue weighted by molar-refractivity contribution is -0.384. The van der Waals surface area contributed by atoms with Crippen LogP contribution in [0, 0.1) is 22.9 Å². The summed E-state index contributed by atoms with van der Waals surface area (Å²) >= 11 is 2.98. The highest BCUT2D eigenvalue weighted by Gasteiger charge is 2.21. The van der Waals surface area contributed by atoms with Gasteiger partial charge in [0.2, 0.25) is 0 Å². The molecular formula is C7H6BrFN2O2. The molecule has 0 amide bonds. The Hall–Kier alpha value is -1.17. The maximum Gasteiger partial charge on any atom is 0.309 e. The summed E-state index contributed by atoms with van der Waals surface area (Å²) < 4.78 is 13.1. The summed E-state index contributed by atoms with van der Waals surface area (Å²) in [5.41, 5.74) is 4.79. The zero-order valence-electron chi connectivity index (χ0n) is 6.67. The molecule has 0 aliphatic carbocycles. The summed E-state index contributed by atoms with van der Waals surface area (Å²) in [4.78, 5) is 9.76. The Labute approximate surface area is 81.8 Å². The second-order valence-corrected chi connectivity index (χ2v) is 3.30. The number of nitrogen functional groups attached to an aromatic ring is 1. The Morgan fingerprint density at radius 3 is 2.69 bits per heavy atom. The Bertz CT molecular complexity index is 355. The van der Waals surface area contributed by atoms with Crippen LogP contribution in [-0.4, -0.2) is 4.92 Å². The van der Waals surface area contributed by atoms with Gasteiger partial charge in [-0.3, -0.25) is 10.1 Å².